The molecule has 0 bridgehead atoms. The number of carboxylic acid groups (broad SMARTS) is 1. The van der Waals surface area contributed by atoms with Gasteiger partial charge in [0, 0.05) is 18.2 Å². The van der Waals surface area contributed by atoms with Crippen LogP contribution in [-0.4, -0.2) is 33.1 Å². The number of aryl methyl sites for hydroxylation is 1. The van der Waals surface area contributed by atoms with E-state index in [1.165, 1.54) is 10.7 Å². The highest BCUT2D eigenvalue weighted by Gasteiger charge is 2.24. The number of aromatic carboxylic acids is 1. The smallest absolute Gasteiger partial charge is 0.356 e. The first-order valence-electron chi connectivity index (χ1n) is 6.84. The van der Waals surface area contributed by atoms with Gasteiger partial charge in [0.25, 0.3) is 0 Å². The lowest BCUT2D eigenvalue weighted by atomic mass is 9.84. The summed E-state index contributed by atoms with van der Waals surface area (Å²) >= 11 is 0. The molecule has 1 aromatic carbocycles. The number of hydrogen-bond acceptors (Lipinski definition) is 4. The Morgan fingerprint density at radius 1 is 1.27 bits per heavy atom. The minimum absolute atomic E-state index is 0.0722. The maximum atomic E-state index is 11.1. The SMILES string of the molecule is COc1cc(-c2cc(C(=O)O)nn2C)c(O)c(C(C)(C)C)c1. The van der Waals surface area contributed by atoms with Gasteiger partial charge in [-0.25, -0.2) is 4.79 Å². The third-order valence-electron chi connectivity index (χ3n) is 3.50. The van der Waals surface area contributed by atoms with Crippen LogP contribution in [0.25, 0.3) is 11.3 Å². The zero-order chi connectivity index (χ0) is 16.7. The Hall–Kier alpha value is -2.50. The molecule has 6 nitrogen and oxygen atoms in total. The molecule has 0 fully saturated rings. The quantitative estimate of drug-likeness (QED) is 0.911. The largest absolute Gasteiger partial charge is 0.507 e. The van der Waals surface area contributed by atoms with Crippen molar-refractivity contribution in [2.75, 3.05) is 7.11 Å². The second-order valence-corrected chi connectivity index (χ2v) is 6.16. The van der Waals surface area contributed by atoms with Crippen LogP contribution >= 0.6 is 0 Å². The van der Waals surface area contributed by atoms with E-state index in [1.807, 2.05) is 20.8 Å². The van der Waals surface area contributed by atoms with E-state index < -0.39 is 5.97 Å². The number of aromatic hydroxyl groups is 1. The van der Waals surface area contributed by atoms with Crippen LogP contribution in [0.1, 0.15) is 36.8 Å². The molecule has 0 atom stereocenters. The minimum Gasteiger partial charge on any atom is -0.507 e. The summed E-state index contributed by atoms with van der Waals surface area (Å²) in [6.07, 6.45) is 0. The van der Waals surface area contributed by atoms with Gasteiger partial charge in [-0.05, 0) is 23.6 Å². The van der Waals surface area contributed by atoms with Gasteiger partial charge in [0.05, 0.1) is 12.8 Å². The first-order chi connectivity index (χ1) is 10.1. The number of hydrogen-bond donors (Lipinski definition) is 2. The van der Waals surface area contributed by atoms with Gasteiger partial charge in [-0.3, -0.25) is 4.68 Å². The second-order valence-electron chi connectivity index (χ2n) is 6.16. The first-order valence-corrected chi connectivity index (χ1v) is 6.84. The second kappa shape index (κ2) is 5.36. The summed E-state index contributed by atoms with van der Waals surface area (Å²) in [6.45, 7) is 5.95. The van der Waals surface area contributed by atoms with Crippen molar-refractivity contribution in [2.24, 2.45) is 7.05 Å². The van der Waals surface area contributed by atoms with E-state index in [-0.39, 0.29) is 16.9 Å². The molecule has 0 radical (unpaired) electrons. The van der Waals surface area contributed by atoms with E-state index in [0.717, 1.165) is 5.56 Å². The van der Waals surface area contributed by atoms with Gasteiger partial charge in [-0.1, -0.05) is 20.8 Å². The summed E-state index contributed by atoms with van der Waals surface area (Å²) in [6, 6.07) is 4.89. The van der Waals surface area contributed by atoms with Gasteiger partial charge >= 0.3 is 5.97 Å². The van der Waals surface area contributed by atoms with Crippen LogP contribution in [0.3, 0.4) is 0 Å². The van der Waals surface area contributed by atoms with Gasteiger partial charge in [0.15, 0.2) is 5.69 Å². The van der Waals surface area contributed by atoms with Crippen LogP contribution in [0.2, 0.25) is 0 Å². The van der Waals surface area contributed by atoms with Crippen molar-refractivity contribution >= 4 is 5.97 Å². The summed E-state index contributed by atoms with van der Waals surface area (Å²) in [4.78, 5) is 11.1. The normalized spacial score (nSPS) is 11.5. The number of phenolic OH excluding ortho intramolecular Hbond substituents is 1. The fraction of sp³-hybridized carbons (Fsp3) is 0.375. The highest BCUT2D eigenvalue weighted by molar-refractivity contribution is 5.87. The van der Waals surface area contributed by atoms with E-state index in [0.29, 0.717) is 17.0 Å². The van der Waals surface area contributed by atoms with Gasteiger partial charge in [-0.15, -0.1) is 0 Å². The fourth-order valence-electron chi connectivity index (χ4n) is 2.32. The van der Waals surface area contributed by atoms with E-state index in [9.17, 15) is 9.90 Å². The highest BCUT2D eigenvalue weighted by Crippen LogP contribution is 2.41. The lowest BCUT2D eigenvalue weighted by molar-refractivity contribution is 0.0689. The summed E-state index contributed by atoms with van der Waals surface area (Å²) in [5.74, 6) is -0.413. The van der Waals surface area contributed by atoms with Gasteiger partial charge in [0.1, 0.15) is 11.5 Å². The lowest BCUT2D eigenvalue weighted by Gasteiger charge is -2.23. The molecule has 0 unspecified atom stereocenters. The number of benzene rings is 1. The molecule has 1 aromatic heterocycles. The van der Waals surface area contributed by atoms with Crippen molar-refractivity contribution in [1.29, 1.82) is 0 Å². The number of aromatic nitrogens is 2. The standard InChI is InChI=1S/C16H20N2O4/c1-16(2,3)11-7-9(22-5)6-10(14(11)19)13-8-12(15(20)21)17-18(13)4/h6-8,19H,1-5H3,(H,20,21). The van der Waals surface area contributed by atoms with Crippen molar-refractivity contribution in [3.05, 3.63) is 29.5 Å². The summed E-state index contributed by atoms with van der Waals surface area (Å²) in [7, 11) is 3.19. The molecule has 2 aromatic rings. The predicted molar refractivity (Wildman–Crippen MR) is 82.5 cm³/mol. The van der Waals surface area contributed by atoms with Crippen LogP contribution in [0.4, 0.5) is 0 Å². The Balaban J connectivity index is 2.72. The maximum absolute atomic E-state index is 11.1. The molecule has 118 valence electrons. The molecular formula is C16H20N2O4. The average molecular weight is 304 g/mol. The number of ether oxygens (including phenoxy) is 1. The van der Waals surface area contributed by atoms with Crippen LogP contribution in [0, 0.1) is 0 Å². The topological polar surface area (TPSA) is 84.6 Å². The number of carbonyl (C=O) groups is 1. The Morgan fingerprint density at radius 2 is 1.91 bits per heavy atom. The lowest BCUT2D eigenvalue weighted by Crippen LogP contribution is -2.12. The molecule has 0 aliphatic rings. The molecule has 0 aliphatic carbocycles. The Kier molecular flexibility index (Phi) is 3.87. The van der Waals surface area contributed by atoms with E-state index in [1.54, 1.807) is 26.3 Å². The Morgan fingerprint density at radius 3 is 2.36 bits per heavy atom. The summed E-state index contributed by atoms with van der Waals surface area (Å²) in [5.41, 5.74) is 1.37. The molecule has 0 aliphatic heterocycles. The molecule has 0 spiro atoms. The zero-order valence-corrected chi connectivity index (χ0v) is 13.3. The van der Waals surface area contributed by atoms with Crippen molar-refractivity contribution in [3.8, 4) is 22.8 Å². The van der Waals surface area contributed by atoms with Crippen molar-refractivity contribution in [2.45, 2.75) is 26.2 Å². The van der Waals surface area contributed by atoms with Gasteiger partial charge in [-0.2, -0.15) is 5.10 Å². The zero-order valence-electron chi connectivity index (χ0n) is 13.3. The number of rotatable bonds is 3. The summed E-state index contributed by atoms with van der Waals surface area (Å²) < 4.78 is 6.74. The van der Waals surface area contributed by atoms with E-state index in [4.69, 9.17) is 9.84 Å². The Bertz CT molecular complexity index is 726. The van der Waals surface area contributed by atoms with Gasteiger partial charge in [0.2, 0.25) is 0 Å². The average Bonchev–Trinajstić information content (AvgIpc) is 2.80. The third-order valence-corrected chi connectivity index (χ3v) is 3.50. The van der Waals surface area contributed by atoms with Crippen LogP contribution < -0.4 is 4.74 Å². The van der Waals surface area contributed by atoms with Crippen LogP contribution in [0.15, 0.2) is 18.2 Å². The monoisotopic (exact) mass is 304 g/mol. The molecule has 0 saturated carbocycles. The molecule has 2 rings (SSSR count). The number of nitrogens with zero attached hydrogens (tertiary/aromatic N) is 2. The molecule has 1 heterocycles. The Labute approximate surface area is 129 Å². The molecule has 0 amide bonds. The van der Waals surface area contributed by atoms with Crippen molar-refractivity contribution in [3.63, 3.8) is 0 Å². The number of methoxy groups -OCH3 is 1. The highest BCUT2D eigenvalue weighted by atomic mass is 16.5. The summed E-state index contributed by atoms with van der Waals surface area (Å²) in [5, 5.41) is 23.6. The molecule has 22 heavy (non-hydrogen) atoms. The predicted octanol–water partition coefficient (Wildman–Crippen LogP) is 2.80. The number of carboxylic acids is 1. The van der Waals surface area contributed by atoms with E-state index in [2.05, 4.69) is 5.10 Å². The number of phenols is 1. The molecular weight excluding hydrogens is 284 g/mol. The molecule has 6 heteroatoms. The van der Waals surface area contributed by atoms with Crippen molar-refractivity contribution in [1.82, 2.24) is 9.78 Å². The third kappa shape index (κ3) is 2.77. The molecule has 0 saturated heterocycles. The molecule has 2 N–H and O–H groups in total. The maximum Gasteiger partial charge on any atom is 0.356 e. The van der Waals surface area contributed by atoms with Crippen LogP contribution in [0.5, 0.6) is 11.5 Å². The van der Waals surface area contributed by atoms with Crippen LogP contribution in [-0.2, 0) is 12.5 Å². The minimum atomic E-state index is -1.11. The fourth-order valence-corrected chi connectivity index (χ4v) is 2.32. The first kappa shape index (κ1) is 15.9. The van der Waals surface area contributed by atoms with E-state index >= 15 is 0 Å². The van der Waals surface area contributed by atoms with Gasteiger partial charge < -0.3 is 14.9 Å². The van der Waals surface area contributed by atoms with Crippen molar-refractivity contribution < 1.29 is 19.7 Å².